The number of hydrogen-bond acceptors (Lipinski definition) is 3. The molecule has 1 aromatic carbocycles. The van der Waals surface area contributed by atoms with Crippen LogP contribution >= 0.6 is 11.8 Å². The maximum absolute atomic E-state index is 11.5. The quantitative estimate of drug-likeness (QED) is 0.781. The fourth-order valence-electron chi connectivity index (χ4n) is 1.76. The minimum atomic E-state index is -0.283. The van der Waals surface area contributed by atoms with Gasteiger partial charge >= 0.3 is 0 Å². The largest absolute Gasteiger partial charge is 0.370 e. The van der Waals surface area contributed by atoms with Crippen LogP contribution in [0.15, 0.2) is 23.1 Å². The first kappa shape index (κ1) is 12.0. The maximum Gasteiger partial charge on any atom is 0.251 e. The van der Waals surface area contributed by atoms with E-state index >= 15 is 0 Å². The first-order valence-corrected chi connectivity index (χ1v) is 6.47. The monoisotopic (exact) mass is 250 g/mol. The van der Waals surface area contributed by atoms with Crippen molar-refractivity contribution in [2.24, 2.45) is 5.73 Å². The molecule has 90 valence electrons. The van der Waals surface area contributed by atoms with Gasteiger partial charge in [0.15, 0.2) is 0 Å². The molecule has 1 heterocycles. The molecular formula is C12H14N2O2S. The SMILES string of the molecule is NC(=O)CCSc1ccc2c(c1)CCNC2=O. The van der Waals surface area contributed by atoms with Gasteiger partial charge in [0.2, 0.25) is 5.91 Å². The van der Waals surface area contributed by atoms with Crippen LogP contribution in [0.25, 0.3) is 0 Å². The molecule has 0 saturated carbocycles. The van der Waals surface area contributed by atoms with Crippen LogP contribution < -0.4 is 11.1 Å². The third-order valence-electron chi connectivity index (χ3n) is 2.62. The highest BCUT2D eigenvalue weighted by Crippen LogP contribution is 2.23. The van der Waals surface area contributed by atoms with Gasteiger partial charge in [0.05, 0.1) is 0 Å². The second-order valence-electron chi connectivity index (χ2n) is 3.89. The lowest BCUT2D eigenvalue weighted by molar-refractivity contribution is -0.117. The van der Waals surface area contributed by atoms with Gasteiger partial charge in [0, 0.05) is 29.2 Å². The number of primary amides is 1. The Labute approximate surface area is 104 Å². The maximum atomic E-state index is 11.5. The molecule has 0 radical (unpaired) electrons. The molecule has 0 bridgehead atoms. The highest BCUT2D eigenvalue weighted by molar-refractivity contribution is 7.99. The predicted octanol–water partition coefficient (Wildman–Crippen LogP) is 0.940. The van der Waals surface area contributed by atoms with Crippen molar-refractivity contribution in [2.75, 3.05) is 12.3 Å². The van der Waals surface area contributed by atoms with Crippen LogP contribution in [0.1, 0.15) is 22.3 Å². The van der Waals surface area contributed by atoms with Crippen LogP contribution in [0.3, 0.4) is 0 Å². The summed E-state index contributed by atoms with van der Waals surface area (Å²) in [6.45, 7) is 0.696. The number of nitrogens with one attached hydrogen (secondary N) is 1. The summed E-state index contributed by atoms with van der Waals surface area (Å²) in [5, 5.41) is 2.81. The fourth-order valence-corrected chi connectivity index (χ4v) is 2.69. The average molecular weight is 250 g/mol. The van der Waals surface area contributed by atoms with Gasteiger partial charge in [-0.05, 0) is 30.2 Å². The van der Waals surface area contributed by atoms with Gasteiger partial charge in [-0.2, -0.15) is 0 Å². The molecule has 2 amide bonds. The van der Waals surface area contributed by atoms with E-state index in [0.29, 0.717) is 18.7 Å². The Balaban J connectivity index is 2.05. The summed E-state index contributed by atoms with van der Waals surface area (Å²) >= 11 is 1.59. The Hall–Kier alpha value is -1.49. The smallest absolute Gasteiger partial charge is 0.251 e. The average Bonchev–Trinajstić information content (AvgIpc) is 2.29. The lowest BCUT2D eigenvalue weighted by Crippen LogP contribution is -2.31. The number of carbonyl (C=O) groups excluding carboxylic acids is 2. The van der Waals surface area contributed by atoms with E-state index in [4.69, 9.17) is 5.73 Å². The number of nitrogens with two attached hydrogens (primary N) is 1. The summed E-state index contributed by atoms with van der Waals surface area (Å²) in [4.78, 5) is 23.2. The van der Waals surface area contributed by atoms with Crippen LogP contribution in [0, 0.1) is 0 Å². The molecule has 0 spiro atoms. The summed E-state index contributed by atoms with van der Waals surface area (Å²) in [5.41, 5.74) is 6.92. The number of rotatable bonds is 4. The van der Waals surface area contributed by atoms with Gasteiger partial charge < -0.3 is 11.1 Å². The summed E-state index contributed by atoms with van der Waals surface area (Å²) in [6.07, 6.45) is 1.24. The minimum absolute atomic E-state index is 0.0000593. The molecule has 1 aliphatic rings. The molecule has 2 rings (SSSR count). The van der Waals surface area contributed by atoms with E-state index in [1.807, 2.05) is 18.2 Å². The fraction of sp³-hybridized carbons (Fsp3) is 0.333. The van der Waals surface area contributed by atoms with E-state index < -0.39 is 0 Å². The first-order valence-electron chi connectivity index (χ1n) is 5.49. The Kier molecular flexibility index (Phi) is 3.68. The van der Waals surface area contributed by atoms with E-state index in [2.05, 4.69) is 5.32 Å². The Morgan fingerprint density at radius 1 is 1.47 bits per heavy atom. The molecule has 0 aliphatic carbocycles. The number of fused-ring (bicyclic) bond motifs is 1. The van der Waals surface area contributed by atoms with Crippen molar-refractivity contribution in [3.05, 3.63) is 29.3 Å². The molecule has 4 nitrogen and oxygen atoms in total. The molecule has 0 fully saturated rings. The van der Waals surface area contributed by atoms with Crippen molar-refractivity contribution in [2.45, 2.75) is 17.7 Å². The summed E-state index contributed by atoms with van der Waals surface area (Å²) < 4.78 is 0. The van der Waals surface area contributed by atoms with Gasteiger partial charge in [-0.1, -0.05) is 0 Å². The first-order chi connectivity index (χ1) is 8.16. The lowest BCUT2D eigenvalue weighted by atomic mass is 10.0. The Bertz CT molecular complexity index is 460. The van der Waals surface area contributed by atoms with E-state index in [-0.39, 0.29) is 11.8 Å². The molecule has 0 saturated heterocycles. The van der Waals surface area contributed by atoms with Crippen molar-refractivity contribution in [3.63, 3.8) is 0 Å². The summed E-state index contributed by atoms with van der Waals surface area (Å²) in [5.74, 6) is 0.398. The second-order valence-corrected chi connectivity index (χ2v) is 5.06. The Morgan fingerprint density at radius 2 is 2.29 bits per heavy atom. The van der Waals surface area contributed by atoms with E-state index in [9.17, 15) is 9.59 Å². The minimum Gasteiger partial charge on any atom is -0.370 e. The number of hydrogen-bond donors (Lipinski definition) is 2. The van der Waals surface area contributed by atoms with Gasteiger partial charge in [0.25, 0.3) is 5.91 Å². The number of amides is 2. The van der Waals surface area contributed by atoms with Crippen molar-refractivity contribution < 1.29 is 9.59 Å². The topological polar surface area (TPSA) is 72.2 Å². The standard InChI is InChI=1S/C12H14N2O2S/c13-11(15)4-6-17-9-1-2-10-8(7-9)3-5-14-12(10)16/h1-2,7H,3-6H2,(H2,13,15)(H,14,16). The van der Waals surface area contributed by atoms with Crippen LogP contribution in [-0.4, -0.2) is 24.1 Å². The molecule has 1 aromatic rings. The van der Waals surface area contributed by atoms with Crippen LogP contribution in [0.4, 0.5) is 0 Å². The summed E-state index contributed by atoms with van der Waals surface area (Å²) in [6, 6.07) is 5.78. The van der Waals surface area contributed by atoms with Gasteiger partial charge in [-0.25, -0.2) is 0 Å². The van der Waals surface area contributed by atoms with Crippen molar-refractivity contribution in [3.8, 4) is 0 Å². The molecule has 17 heavy (non-hydrogen) atoms. The molecule has 1 aliphatic heterocycles. The van der Waals surface area contributed by atoms with Crippen LogP contribution in [-0.2, 0) is 11.2 Å². The van der Waals surface area contributed by atoms with Crippen molar-refractivity contribution in [1.82, 2.24) is 5.32 Å². The van der Waals surface area contributed by atoms with Gasteiger partial charge in [0.1, 0.15) is 0 Å². The zero-order chi connectivity index (χ0) is 12.3. The van der Waals surface area contributed by atoms with Crippen molar-refractivity contribution >= 4 is 23.6 Å². The Morgan fingerprint density at radius 3 is 3.06 bits per heavy atom. The third-order valence-corrected chi connectivity index (χ3v) is 3.61. The van der Waals surface area contributed by atoms with Crippen LogP contribution in [0.2, 0.25) is 0 Å². The lowest BCUT2D eigenvalue weighted by Gasteiger charge is -2.16. The second kappa shape index (κ2) is 5.23. The molecule has 0 atom stereocenters. The highest BCUT2D eigenvalue weighted by atomic mass is 32.2. The normalized spacial score (nSPS) is 14.0. The predicted molar refractivity (Wildman–Crippen MR) is 67.0 cm³/mol. The molecule has 5 heteroatoms. The molecule has 0 unspecified atom stereocenters. The number of thioether (sulfide) groups is 1. The number of carbonyl (C=O) groups is 2. The van der Waals surface area contributed by atoms with Crippen LogP contribution in [0.5, 0.6) is 0 Å². The molecular weight excluding hydrogens is 236 g/mol. The zero-order valence-corrected chi connectivity index (χ0v) is 10.2. The number of benzene rings is 1. The summed E-state index contributed by atoms with van der Waals surface area (Å²) in [7, 11) is 0. The van der Waals surface area contributed by atoms with Crippen molar-refractivity contribution in [1.29, 1.82) is 0 Å². The molecule has 0 aromatic heterocycles. The third kappa shape index (κ3) is 3.00. The van der Waals surface area contributed by atoms with E-state index in [1.54, 1.807) is 11.8 Å². The van der Waals surface area contributed by atoms with E-state index in [0.717, 1.165) is 22.4 Å². The highest BCUT2D eigenvalue weighted by Gasteiger charge is 2.16. The van der Waals surface area contributed by atoms with Gasteiger partial charge in [-0.3, -0.25) is 9.59 Å². The molecule has 3 N–H and O–H groups in total. The van der Waals surface area contributed by atoms with Gasteiger partial charge in [-0.15, -0.1) is 11.8 Å². The zero-order valence-electron chi connectivity index (χ0n) is 9.36. The van der Waals surface area contributed by atoms with E-state index in [1.165, 1.54) is 0 Å².